The van der Waals surface area contributed by atoms with Gasteiger partial charge in [0.25, 0.3) is 5.56 Å². The molecule has 35 heavy (non-hydrogen) atoms. The fraction of sp³-hybridized carbons (Fsp3) is 0.148. The molecular weight excluding hydrogens is 464 g/mol. The monoisotopic (exact) mass is 486 g/mol. The van der Waals surface area contributed by atoms with Gasteiger partial charge in [-0.15, -0.1) is 0 Å². The van der Waals surface area contributed by atoms with Crippen molar-refractivity contribution in [3.8, 4) is 5.69 Å². The summed E-state index contributed by atoms with van der Waals surface area (Å²) in [5, 5.41) is 4.02. The lowest BCUT2D eigenvalue weighted by Crippen LogP contribution is -2.41. The normalized spacial score (nSPS) is 11.3. The lowest BCUT2D eigenvalue weighted by atomic mass is 10.1. The topological polar surface area (TPSA) is 78.0 Å². The number of fused-ring (bicyclic) bond motifs is 3. The number of nitrogens with zero attached hydrogens (tertiary/aromatic N) is 3. The quantitative estimate of drug-likeness (QED) is 0.404. The number of rotatable bonds is 4. The standard InChI is InChI=1S/C27H23ClN4O3/c1-16-6-4-9-20(12-16)32-26(34)25-24(21-13-17(2)10-11-22(21)30(25)3)31(27(32)35)15-23(33)29-19-8-5-7-18(28)14-19/h4-14H,15H2,1-3H3,(H,29,33). The molecule has 0 atom stereocenters. The molecule has 1 N–H and O–H groups in total. The van der Waals surface area contributed by atoms with E-state index < -0.39 is 17.2 Å². The van der Waals surface area contributed by atoms with Crippen LogP contribution in [0.5, 0.6) is 0 Å². The number of hydrogen-bond donors (Lipinski definition) is 1. The Labute approximate surface area is 205 Å². The van der Waals surface area contributed by atoms with Crippen molar-refractivity contribution >= 4 is 45.1 Å². The highest BCUT2D eigenvalue weighted by atomic mass is 35.5. The number of carbonyl (C=O) groups is 1. The van der Waals surface area contributed by atoms with Gasteiger partial charge in [0.15, 0.2) is 0 Å². The number of aryl methyl sites for hydroxylation is 3. The molecule has 0 unspecified atom stereocenters. The summed E-state index contributed by atoms with van der Waals surface area (Å²) in [6, 6.07) is 19.8. The van der Waals surface area contributed by atoms with Crippen LogP contribution in [0.1, 0.15) is 11.1 Å². The second-order valence-electron chi connectivity index (χ2n) is 8.68. The molecule has 0 aliphatic rings. The molecule has 1 amide bonds. The highest BCUT2D eigenvalue weighted by Crippen LogP contribution is 2.27. The van der Waals surface area contributed by atoms with Gasteiger partial charge < -0.3 is 9.88 Å². The molecule has 176 valence electrons. The number of nitrogens with one attached hydrogen (secondary N) is 1. The van der Waals surface area contributed by atoms with E-state index in [0.29, 0.717) is 27.4 Å². The maximum atomic E-state index is 13.8. The van der Waals surface area contributed by atoms with Crippen molar-refractivity contribution < 1.29 is 4.79 Å². The Bertz CT molecular complexity index is 1760. The first-order valence-electron chi connectivity index (χ1n) is 11.1. The van der Waals surface area contributed by atoms with Crippen LogP contribution in [0.3, 0.4) is 0 Å². The van der Waals surface area contributed by atoms with Gasteiger partial charge in [0.1, 0.15) is 12.1 Å². The van der Waals surface area contributed by atoms with Gasteiger partial charge in [-0.05, 0) is 61.9 Å². The Morgan fingerprint density at radius 1 is 0.914 bits per heavy atom. The van der Waals surface area contributed by atoms with Gasteiger partial charge in [0, 0.05) is 23.1 Å². The third-order valence-corrected chi connectivity index (χ3v) is 6.33. The van der Waals surface area contributed by atoms with Crippen LogP contribution in [0.2, 0.25) is 5.02 Å². The second kappa shape index (κ2) is 8.60. The maximum Gasteiger partial charge on any atom is 0.336 e. The molecule has 3 aromatic carbocycles. The first kappa shape index (κ1) is 22.7. The zero-order valence-electron chi connectivity index (χ0n) is 19.5. The van der Waals surface area contributed by atoms with Gasteiger partial charge in [0.2, 0.25) is 5.91 Å². The van der Waals surface area contributed by atoms with Gasteiger partial charge >= 0.3 is 5.69 Å². The fourth-order valence-corrected chi connectivity index (χ4v) is 4.71. The number of benzene rings is 3. The Morgan fingerprint density at radius 3 is 2.40 bits per heavy atom. The minimum Gasteiger partial charge on any atom is -0.338 e. The van der Waals surface area contributed by atoms with Crippen LogP contribution in [0.4, 0.5) is 5.69 Å². The highest BCUT2D eigenvalue weighted by molar-refractivity contribution is 6.30. The number of amides is 1. The summed E-state index contributed by atoms with van der Waals surface area (Å²) in [6.45, 7) is 3.56. The third-order valence-electron chi connectivity index (χ3n) is 6.10. The minimum absolute atomic E-state index is 0.277. The van der Waals surface area contributed by atoms with E-state index in [-0.39, 0.29) is 6.54 Å². The van der Waals surface area contributed by atoms with Crippen LogP contribution in [-0.4, -0.2) is 19.6 Å². The number of aromatic nitrogens is 3. The van der Waals surface area contributed by atoms with E-state index in [2.05, 4.69) is 5.32 Å². The summed E-state index contributed by atoms with van der Waals surface area (Å²) in [6.07, 6.45) is 0. The second-order valence-corrected chi connectivity index (χ2v) is 9.12. The summed E-state index contributed by atoms with van der Waals surface area (Å²) in [5.41, 5.74) is 3.44. The van der Waals surface area contributed by atoms with E-state index in [9.17, 15) is 14.4 Å². The van der Waals surface area contributed by atoms with Crippen LogP contribution < -0.4 is 16.6 Å². The molecule has 0 saturated heterocycles. The Kier molecular flexibility index (Phi) is 5.57. The van der Waals surface area contributed by atoms with Crippen LogP contribution in [-0.2, 0) is 18.4 Å². The molecule has 5 rings (SSSR count). The maximum absolute atomic E-state index is 13.8. The molecule has 0 aliphatic carbocycles. The average Bonchev–Trinajstić information content (AvgIpc) is 3.08. The number of carbonyl (C=O) groups excluding carboxylic acids is 1. The van der Waals surface area contributed by atoms with E-state index in [4.69, 9.17) is 11.6 Å². The van der Waals surface area contributed by atoms with Crippen molar-refractivity contribution in [3.05, 3.63) is 104 Å². The zero-order valence-corrected chi connectivity index (χ0v) is 20.3. The lowest BCUT2D eigenvalue weighted by molar-refractivity contribution is -0.116. The van der Waals surface area contributed by atoms with Crippen LogP contribution in [0.25, 0.3) is 27.6 Å². The van der Waals surface area contributed by atoms with E-state index in [0.717, 1.165) is 26.6 Å². The van der Waals surface area contributed by atoms with Gasteiger partial charge in [-0.25, -0.2) is 9.36 Å². The van der Waals surface area contributed by atoms with Crippen LogP contribution in [0.15, 0.2) is 76.3 Å². The van der Waals surface area contributed by atoms with Gasteiger partial charge in [-0.1, -0.05) is 41.4 Å². The van der Waals surface area contributed by atoms with Gasteiger partial charge in [-0.2, -0.15) is 0 Å². The summed E-state index contributed by atoms with van der Waals surface area (Å²) in [7, 11) is 1.79. The highest BCUT2D eigenvalue weighted by Gasteiger charge is 2.22. The Balaban J connectivity index is 1.79. The minimum atomic E-state index is -0.580. The summed E-state index contributed by atoms with van der Waals surface area (Å²) >= 11 is 6.05. The van der Waals surface area contributed by atoms with Gasteiger partial charge in [-0.3, -0.25) is 14.2 Å². The molecule has 0 bridgehead atoms. The van der Waals surface area contributed by atoms with Crippen molar-refractivity contribution in [2.45, 2.75) is 20.4 Å². The zero-order chi connectivity index (χ0) is 24.9. The Hall–Kier alpha value is -4.10. The molecule has 0 aliphatic heterocycles. The van der Waals surface area contributed by atoms with E-state index in [1.807, 2.05) is 38.1 Å². The number of halogens is 1. The molecular formula is C27H23ClN4O3. The Morgan fingerprint density at radius 2 is 1.66 bits per heavy atom. The SMILES string of the molecule is Cc1cccc(-n2c(=O)c3c(c4cc(C)ccc4n3C)n(CC(=O)Nc3cccc(Cl)c3)c2=O)c1. The molecule has 0 spiro atoms. The van der Waals surface area contributed by atoms with E-state index in [1.165, 1.54) is 4.57 Å². The largest absolute Gasteiger partial charge is 0.338 e. The summed E-state index contributed by atoms with van der Waals surface area (Å²) in [5.74, 6) is -0.408. The van der Waals surface area contributed by atoms with Crippen LogP contribution >= 0.6 is 11.6 Å². The third kappa shape index (κ3) is 3.94. The molecule has 0 fully saturated rings. The van der Waals surface area contributed by atoms with Crippen LogP contribution in [0, 0.1) is 13.8 Å². The molecule has 0 saturated carbocycles. The smallest absolute Gasteiger partial charge is 0.336 e. The first-order valence-corrected chi connectivity index (χ1v) is 11.5. The van der Waals surface area contributed by atoms with Crippen molar-refractivity contribution in [2.75, 3.05) is 5.32 Å². The van der Waals surface area contributed by atoms with Gasteiger partial charge in [0.05, 0.1) is 16.7 Å². The van der Waals surface area contributed by atoms with Crippen molar-refractivity contribution in [3.63, 3.8) is 0 Å². The number of anilines is 1. The van der Waals surface area contributed by atoms with E-state index in [1.54, 1.807) is 54.1 Å². The average molecular weight is 487 g/mol. The lowest BCUT2D eigenvalue weighted by Gasteiger charge is -2.14. The summed E-state index contributed by atoms with van der Waals surface area (Å²) < 4.78 is 4.29. The summed E-state index contributed by atoms with van der Waals surface area (Å²) in [4.78, 5) is 40.6. The molecule has 8 heteroatoms. The molecule has 0 radical (unpaired) electrons. The molecule has 5 aromatic rings. The first-order chi connectivity index (χ1) is 16.7. The number of hydrogen-bond acceptors (Lipinski definition) is 3. The predicted molar refractivity (Wildman–Crippen MR) is 140 cm³/mol. The fourth-order valence-electron chi connectivity index (χ4n) is 4.52. The van der Waals surface area contributed by atoms with Crippen molar-refractivity contribution in [1.29, 1.82) is 0 Å². The predicted octanol–water partition coefficient (Wildman–Crippen LogP) is 4.55. The van der Waals surface area contributed by atoms with E-state index >= 15 is 0 Å². The van der Waals surface area contributed by atoms with Crippen molar-refractivity contribution in [2.24, 2.45) is 7.05 Å². The molecule has 7 nitrogen and oxygen atoms in total. The molecule has 2 aromatic heterocycles. The molecule has 2 heterocycles. The van der Waals surface area contributed by atoms with Crippen molar-refractivity contribution in [1.82, 2.24) is 13.7 Å².